The lowest BCUT2D eigenvalue weighted by Gasteiger charge is -2.23. The molecule has 0 saturated heterocycles. The van der Waals surface area contributed by atoms with Gasteiger partial charge in [-0.3, -0.25) is 4.79 Å². The Morgan fingerprint density at radius 2 is 1.65 bits per heavy atom. The molecule has 1 aliphatic rings. The van der Waals surface area contributed by atoms with E-state index >= 15 is 0 Å². The average Bonchev–Trinajstić information content (AvgIpc) is 2.68. The average molecular weight is 370 g/mol. The monoisotopic (exact) mass is 369 g/mol. The van der Waals surface area contributed by atoms with Crippen LogP contribution < -0.4 is 5.32 Å². The number of rotatable bonds is 9. The van der Waals surface area contributed by atoms with Gasteiger partial charge in [0, 0.05) is 6.54 Å². The lowest BCUT2D eigenvalue weighted by molar-refractivity contribution is -0.127. The van der Waals surface area contributed by atoms with E-state index in [9.17, 15) is 4.79 Å². The third-order valence-corrected chi connectivity index (χ3v) is 4.69. The van der Waals surface area contributed by atoms with Crippen LogP contribution in [0.4, 0.5) is 0 Å². The fraction of sp³-hybridized carbons (Fsp3) is 0.870. The summed E-state index contributed by atoms with van der Waals surface area (Å²) >= 11 is 0. The van der Waals surface area contributed by atoms with Gasteiger partial charge in [0.15, 0.2) is 0 Å². The predicted molar refractivity (Wildman–Crippen MR) is 116 cm³/mol. The molecule has 1 amide bonds. The topological polar surface area (TPSA) is 38.3 Å². The zero-order valence-electron chi connectivity index (χ0n) is 18.9. The molecule has 26 heavy (non-hydrogen) atoms. The minimum absolute atomic E-state index is 0.0306. The molecule has 1 aliphatic carbocycles. The number of nitrogens with one attached hydrogen (secondary N) is 1. The summed E-state index contributed by atoms with van der Waals surface area (Å²) in [7, 11) is 0. The Morgan fingerprint density at radius 3 is 2.31 bits per heavy atom. The molecule has 0 bridgehead atoms. The number of amides is 1. The molecule has 0 radical (unpaired) electrons. The second-order valence-corrected chi connectivity index (χ2v) is 6.63. The van der Waals surface area contributed by atoms with Crippen LogP contribution in [-0.4, -0.2) is 25.2 Å². The minimum Gasteiger partial charge on any atom is -0.364 e. The number of hydrogen-bond donors (Lipinski definition) is 1. The van der Waals surface area contributed by atoms with E-state index in [1.54, 1.807) is 0 Å². The van der Waals surface area contributed by atoms with E-state index < -0.39 is 0 Å². The number of unbranched alkanes of at least 4 members (excludes halogenated alkanes) is 4. The molecule has 3 heteroatoms. The van der Waals surface area contributed by atoms with Crippen LogP contribution in [0.5, 0.6) is 0 Å². The summed E-state index contributed by atoms with van der Waals surface area (Å²) in [5.41, 5.74) is 2.79. The van der Waals surface area contributed by atoms with Crippen LogP contribution in [-0.2, 0) is 9.53 Å². The smallest absolute Gasteiger partial charge is 0.246 e. The molecule has 3 nitrogen and oxygen atoms in total. The summed E-state index contributed by atoms with van der Waals surface area (Å²) < 4.78 is 5.89. The highest BCUT2D eigenvalue weighted by Gasteiger charge is 2.17. The van der Waals surface area contributed by atoms with Crippen LogP contribution in [0.1, 0.15) is 113 Å². The molecule has 0 heterocycles. The standard InChI is InChI=1S/C19H35NO2.2C2H6/c1-4-5-6-7-11-14-20-19(21)15-22-18-13-10-8-9-12-16(2)17(18)3;2*1-2/h18H,4-15H2,1-3H3,(H,20,21);2*1-2H3/b17-16-;;. The maximum Gasteiger partial charge on any atom is 0.246 e. The van der Waals surface area contributed by atoms with E-state index in [2.05, 4.69) is 26.1 Å². The number of hydrogen-bond acceptors (Lipinski definition) is 2. The summed E-state index contributed by atoms with van der Waals surface area (Å²) in [5.74, 6) is 0.0306. The first kappa shape index (κ1) is 27.4. The Labute approximate surface area is 164 Å². The van der Waals surface area contributed by atoms with Crippen molar-refractivity contribution < 1.29 is 9.53 Å². The second-order valence-electron chi connectivity index (χ2n) is 6.63. The van der Waals surface area contributed by atoms with Crippen molar-refractivity contribution in [1.29, 1.82) is 0 Å². The molecule has 0 saturated carbocycles. The third-order valence-electron chi connectivity index (χ3n) is 4.69. The summed E-state index contributed by atoms with van der Waals surface area (Å²) in [4.78, 5) is 11.9. The van der Waals surface area contributed by atoms with Crippen molar-refractivity contribution in [3.8, 4) is 0 Å². The van der Waals surface area contributed by atoms with Crippen molar-refractivity contribution in [3.63, 3.8) is 0 Å². The number of carbonyl (C=O) groups is 1. The van der Waals surface area contributed by atoms with Crippen molar-refractivity contribution in [2.45, 2.75) is 119 Å². The molecule has 0 aliphatic heterocycles. The van der Waals surface area contributed by atoms with E-state index in [1.165, 1.54) is 62.5 Å². The van der Waals surface area contributed by atoms with Gasteiger partial charge in [-0.2, -0.15) is 0 Å². The molecule has 1 N–H and O–H groups in total. The Bertz CT molecular complexity index is 350. The zero-order valence-corrected chi connectivity index (χ0v) is 18.9. The summed E-state index contributed by atoms with van der Waals surface area (Å²) in [6.07, 6.45) is 12.2. The molecule has 0 aromatic carbocycles. The molecule has 156 valence electrons. The largest absolute Gasteiger partial charge is 0.364 e. The van der Waals surface area contributed by atoms with Crippen LogP contribution in [0.15, 0.2) is 11.1 Å². The quantitative estimate of drug-likeness (QED) is 0.358. The van der Waals surface area contributed by atoms with Crippen molar-refractivity contribution in [2.75, 3.05) is 13.2 Å². The Hall–Kier alpha value is -0.830. The highest BCUT2D eigenvalue weighted by Crippen LogP contribution is 2.24. The maximum atomic E-state index is 11.9. The van der Waals surface area contributed by atoms with Gasteiger partial charge in [-0.1, -0.05) is 78.7 Å². The molecule has 1 atom stereocenters. The van der Waals surface area contributed by atoms with Crippen molar-refractivity contribution in [1.82, 2.24) is 5.32 Å². The van der Waals surface area contributed by atoms with Crippen molar-refractivity contribution >= 4 is 5.91 Å². The molecular formula is C23H47NO2. The van der Waals surface area contributed by atoms with Crippen molar-refractivity contribution in [3.05, 3.63) is 11.1 Å². The first-order chi connectivity index (χ1) is 12.6. The van der Waals surface area contributed by atoms with Gasteiger partial charge in [-0.05, 0) is 45.1 Å². The van der Waals surface area contributed by atoms with E-state index in [-0.39, 0.29) is 18.6 Å². The van der Waals surface area contributed by atoms with Gasteiger partial charge in [-0.25, -0.2) is 0 Å². The fourth-order valence-electron chi connectivity index (χ4n) is 2.98. The second kappa shape index (κ2) is 20.5. The molecule has 0 fully saturated rings. The van der Waals surface area contributed by atoms with Crippen LogP contribution >= 0.6 is 0 Å². The summed E-state index contributed by atoms with van der Waals surface area (Å²) in [6, 6.07) is 0. The molecule has 0 spiro atoms. The Balaban J connectivity index is 0. The van der Waals surface area contributed by atoms with Gasteiger partial charge in [0.1, 0.15) is 6.61 Å². The zero-order chi connectivity index (χ0) is 20.2. The van der Waals surface area contributed by atoms with Gasteiger partial charge in [0.25, 0.3) is 0 Å². The van der Waals surface area contributed by atoms with E-state index in [4.69, 9.17) is 4.74 Å². The lowest BCUT2D eigenvalue weighted by atomic mass is 9.93. The Kier molecular flexibility index (Phi) is 21.6. The van der Waals surface area contributed by atoms with Crippen LogP contribution in [0.3, 0.4) is 0 Å². The van der Waals surface area contributed by atoms with E-state index in [0.717, 1.165) is 19.4 Å². The number of carbonyl (C=O) groups excluding carboxylic acids is 1. The third kappa shape index (κ3) is 14.4. The van der Waals surface area contributed by atoms with Gasteiger partial charge in [0.05, 0.1) is 6.10 Å². The van der Waals surface area contributed by atoms with Crippen molar-refractivity contribution in [2.24, 2.45) is 0 Å². The van der Waals surface area contributed by atoms with Crippen LogP contribution in [0, 0.1) is 0 Å². The minimum atomic E-state index is 0.0306. The molecule has 0 aromatic rings. The summed E-state index contributed by atoms with van der Waals surface area (Å²) in [5, 5.41) is 2.97. The molecule has 0 aromatic heterocycles. The van der Waals surface area contributed by atoms with Crippen LogP contribution in [0.2, 0.25) is 0 Å². The fourth-order valence-corrected chi connectivity index (χ4v) is 2.98. The molecule has 1 unspecified atom stereocenters. The van der Waals surface area contributed by atoms with Gasteiger partial charge in [-0.15, -0.1) is 0 Å². The van der Waals surface area contributed by atoms with Gasteiger partial charge < -0.3 is 10.1 Å². The SMILES string of the molecule is CC.CC.CCCCCCCNC(=O)COC1CCCCC/C(C)=C\1C. The first-order valence-electron chi connectivity index (χ1n) is 11.2. The van der Waals surface area contributed by atoms with E-state index in [0.29, 0.717) is 0 Å². The normalized spacial score (nSPS) is 19.9. The Morgan fingerprint density at radius 1 is 1.00 bits per heavy atom. The van der Waals surface area contributed by atoms with Gasteiger partial charge in [0.2, 0.25) is 5.91 Å². The highest BCUT2D eigenvalue weighted by molar-refractivity contribution is 5.77. The lowest BCUT2D eigenvalue weighted by Crippen LogP contribution is -2.31. The summed E-state index contributed by atoms with van der Waals surface area (Å²) in [6.45, 7) is 15.6. The molecular weight excluding hydrogens is 322 g/mol. The highest BCUT2D eigenvalue weighted by atomic mass is 16.5. The maximum absolute atomic E-state index is 11.9. The number of ether oxygens (including phenoxy) is 1. The molecule has 1 rings (SSSR count). The first-order valence-corrected chi connectivity index (χ1v) is 11.2. The van der Waals surface area contributed by atoms with Gasteiger partial charge >= 0.3 is 0 Å². The number of allylic oxidation sites excluding steroid dienone is 1. The predicted octanol–water partition coefficient (Wildman–Crippen LogP) is 6.81. The van der Waals surface area contributed by atoms with E-state index in [1.807, 2.05) is 27.7 Å². The van der Waals surface area contributed by atoms with Crippen LogP contribution in [0.25, 0.3) is 0 Å².